The van der Waals surface area contributed by atoms with Gasteiger partial charge in [0, 0.05) is 22.8 Å². The van der Waals surface area contributed by atoms with Crippen LogP contribution in [0.4, 0.5) is 0 Å². The highest BCUT2D eigenvalue weighted by Crippen LogP contribution is 2.21. The first-order chi connectivity index (χ1) is 8.75. The molecular weight excluding hydrogens is 242 g/mol. The molecule has 18 heavy (non-hydrogen) atoms. The zero-order valence-electron chi connectivity index (χ0n) is 11.6. The molecule has 1 aromatic rings. The minimum absolute atomic E-state index is 0.533. The van der Waals surface area contributed by atoms with Crippen LogP contribution in [0.15, 0.2) is 6.07 Å². The third-order valence-corrected chi connectivity index (χ3v) is 4.65. The van der Waals surface area contributed by atoms with E-state index in [-0.39, 0.29) is 0 Å². The van der Waals surface area contributed by atoms with E-state index in [1.807, 2.05) is 11.3 Å². The average Bonchev–Trinajstić information content (AvgIpc) is 2.69. The summed E-state index contributed by atoms with van der Waals surface area (Å²) in [6, 6.07) is 2.29. The number of ether oxygens (including phenoxy) is 1. The molecule has 0 spiro atoms. The van der Waals surface area contributed by atoms with Crippen LogP contribution < -0.4 is 5.32 Å². The van der Waals surface area contributed by atoms with E-state index < -0.39 is 0 Å². The summed E-state index contributed by atoms with van der Waals surface area (Å²) < 4.78 is 5.90. The lowest BCUT2D eigenvalue weighted by molar-refractivity contribution is 0.0302. The van der Waals surface area contributed by atoms with E-state index in [2.05, 4.69) is 25.2 Å². The number of aryl methyl sites for hydroxylation is 2. The predicted octanol–water partition coefficient (Wildman–Crippen LogP) is 3.80. The van der Waals surface area contributed by atoms with Crippen molar-refractivity contribution in [2.75, 3.05) is 13.2 Å². The lowest BCUT2D eigenvalue weighted by Crippen LogP contribution is -2.24. The SMILES string of the molecule is Cc1cc(CNCCOC2CCCCC2)c(C)s1. The molecule has 1 fully saturated rings. The Bertz CT molecular complexity index is 355. The van der Waals surface area contributed by atoms with Gasteiger partial charge in [-0.1, -0.05) is 19.3 Å². The lowest BCUT2D eigenvalue weighted by Gasteiger charge is -2.22. The Morgan fingerprint density at radius 2 is 2.06 bits per heavy atom. The first kappa shape index (κ1) is 14.0. The van der Waals surface area contributed by atoms with Gasteiger partial charge >= 0.3 is 0 Å². The molecule has 0 unspecified atom stereocenters. The van der Waals surface area contributed by atoms with E-state index in [0.29, 0.717) is 6.10 Å². The van der Waals surface area contributed by atoms with Crippen LogP contribution in [0.3, 0.4) is 0 Å². The average molecular weight is 267 g/mol. The Morgan fingerprint density at radius 3 is 2.72 bits per heavy atom. The molecule has 0 radical (unpaired) electrons. The van der Waals surface area contributed by atoms with Gasteiger partial charge in [0.1, 0.15) is 0 Å². The molecule has 1 N–H and O–H groups in total. The fourth-order valence-electron chi connectivity index (χ4n) is 2.61. The molecular formula is C15H25NOS. The van der Waals surface area contributed by atoms with Crippen molar-refractivity contribution in [2.45, 2.75) is 58.6 Å². The highest BCUT2D eigenvalue weighted by Gasteiger charge is 2.12. The molecule has 1 aliphatic carbocycles. The molecule has 1 aliphatic rings. The third kappa shape index (κ3) is 4.38. The van der Waals surface area contributed by atoms with Crippen LogP contribution >= 0.6 is 11.3 Å². The Hall–Kier alpha value is -0.380. The number of rotatable bonds is 6. The van der Waals surface area contributed by atoms with Gasteiger partial charge in [0.25, 0.3) is 0 Å². The van der Waals surface area contributed by atoms with Crippen LogP contribution in [0.25, 0.3) is 0 Å². The Balaban J connectivity index is 1.57. The largest absolute Gasteiger partial charge is 0.377 e. The summed E-state index contributed by atoms with van der Waals surface area (Å²) in [5, 5.41) is 3.48. The third-order valence-electron chi connectivity index (χ3n) is 3.64. The van der Waals surface area contributed by atoms with Crippen LogP contribution in [0, 0.1) is 13.8 Å². The molecule has 0 bridgehead atoms. The molecule has 0 atom stereocenters. The monoisotopic (exact) mass is 267 g/mol. The molecule has 0 saturated heterocycles. The molecule has 3 heteroatoms. The summed E-state index contributed by atoms with van der Waals surface area (Å²) in [5.74, 6) is 0. The van der Waals surface area contributed by atoms with Crippen molar-refractivity contribution in [3.8, 4) is 0 Å². The van der Waals surface area contributed by atoms with Crippen molar-refractivity contribution in [1.82, 2.24) is 5.32 Å². The van der Waals surface area contributed by atoms with Gasteiger partial charge in [0.05, 0.1) is 12.7 Å². The van der Waals surface area contributed by atoms with Gasteiger partial charge in [-0.2, -0.15) is 0 Å². The normalized spacial score (nSPS) is 17.2. The van der Waals surface area contributed by atoms with Gasteiger partial charge in [-0.3, -0.25) is 0 Å². The molecule has 0 aromatic carbocycles. The molecule has 0 amide bonds. The summed E-state index contributed by atoms with van der Waals surface area (Å²) in [6.07, 6.45) is 7.17. The van der Waals surface area contributed by atoms with Crippen LogP contribution in [0.5, 0.6) is 0 Å². The molecule has 2 nitrogen and oxygen atoms in total. The topological polar surface area (TPSA) is 21.3 Å². The Morgan fingerprint density at radius 1 is 1.28 bits per heavy atom. The van der Waals surface area contributed by atoms with Gasteiger partial charge in [-0.25, -0.2) is 0 Å². The maximum Gasteiger partial charge on any atom is 0.0594 e. The van der Waals surface area contributed by atoms with Crippen molar-refractivity contribution in [3.05, 3.63) is 21.4 Å². The Labute approximate surface area is 115 Å². The van der Waals surface area contributed by atoms with Gasteiger partial charge in [0.15, 0.2) is 0 Å². The summed E-state index contributed by atoms with van der Waals surface area (Å²) in [6.45, 7) is 7.17. The number of thiophene rings is 1. The molecule has 1 saturated carbocycles. The minimum atomic E-state index is 0.533. The van der Waals surface area contributed by atoms with Crippen molar-refractivity contribution in [1.29, 1.82) is 0 Å². The van der Waals surface area contributed by atoms with Gasteiger partial charge in [-0.05, 0) is 38.3 Å². The van der Waals surface area contributed by atoms with Crippen LogP contribution in [-0.4, -0.2) is 19.3 Å². The van der Waals surface area contributed by atoms with Gasteiger partial charge in [-0.15, -0.1) is 11.3 Å². The van der Waals surface area contributed by atoms with Gasteiger partial charge < -0.3 is 10.1 Å². The first-order valence-corrected chi connectivity index (χ1v) is 7.95. The molecule has 1 heterocycles. The van der Waals surface area contributed by atoms with Crippen LogP contribution in [-0.2, 0) is 11.3 Å². The number of nitrogens with one attached hydrogen (secondary N) is 1. The second-order valence-corrected chi connectivity index (χ2v) is 6.71. The maximum atomic E-state index is 5.90. The molecule has 102 valence electrons. The van der Waals surface area contributed by atoms with Gasteiger partial charge in [0.2, 0.25) is 0 Å². The minimum Gasteiger partial charge on any atom is -0.377 e. The van der Waals surface area contributed by atoms with E-state index in [0.717, 1.165) is 19.7 Å². The van der Waals surface area contributed by atoms with E-state index in [9.17, 15) is 0 Å². The van der Waals surface area contributed by atoms with Crippen LogP contribution in [0.1, 0.15) is 47.4 Å². The lowest BCUT2D eigenvalue weighted by atomic mass is 9.98. The second kappa shape index (κ2) is 7.27. The first-order valence-electron chi connectivity index (χ1n) is 7.14. The standard InChI is InChI=1S/C15H25NOS/c1-12-10-14(13(2)18-12)11-16-8-9-17-15-6-4-3-5-7-15/h10,15-16H,3-9,11H2,1-2H3. The zero-order valence-corrected chi connectivity index (χ0v) is 12.4. The highest BCUT2D eigenvalue weighted by atomic mass is 32.1. The summed E-state index contributed by atoms with van der Waals surface area (Å²) in [5.41, 5.74) is 1.44. The molecule has 2 rings (SSSR count). The number of hydrogen-bond donors (Lipinski definition) is 1. The fraction of sp³-hybridized carbons (Fsp3) is 0.733. The summed E-state index contributed by atoms with van der Waals surface area (Å²) >= 11 is 1.88. The second-order valence-electron chi connectivity index (χ2n) is 5.25. The highest BCUT2D eigenvalue weighted by molar-refractivity contribution is 7.12. The van der Waals surface area contributed by atoms with Crippen LogP contribution in [0.2, 0.25) is 0 Å². The summed E-state index contributed by atoms with van der Waals surface area (Å²) in [7, 11) is 0. The van der Waals surface area contributed by atoms with Crippen molar-refractivity contribution in [2.24, 2.45) is 0 Å². The smallest absolute Gasteiger partial charge is 0.0594 e. The van der Waals surface area contributed by atoms with E-state index in [1.165, 1.54) is 47.4 Å². The van der Waals surface area contributed by atoms with Crippen molar-refractivity contribution < 1.29 is 4.74 Å². The zero-order chi connectivity index (χ0) is 12.8. The van der Waals surface area contributed by atoms with E-state index in [1.54, 1.807) is 0 Å². The fourth-order valence-corrected chi connectivity index (χ4v) is 3.56. The van der Waals surface area contributed by atoms with E-state index in [4.69, 9.17) is 4.74 Å². The van der Waals surface area contributed by atoms with E-state index >= 15 is 0 Å². The predicted molar refractivity (Wildman–Crippen MR) is 78.3 cm³/mol. The summed E-state index contributed by atoms with van der Waals surface area (Å²) in [4.78, 5) is 2.84. The quantitative estimate of drug-likeness (QED) is 0.792. The molecule has 0 aliphatic heterocycles. The molecule has 1 aromatic heterocycles. The maximum absolute atomic E-state index is 5.90. The Kier molecular flexibility index (Phi) is 5.67. The van der Waals surface area contributed by atoms with Crippen molar-refractivity contribution >= 4 is 11.3 Å². The van der Waals surface area contributed by atoms with Crippen molar-refractivity contribution in [3.63, 3.8) is 0 Å². The number of hydrogen-bond acceptors (Lipinski definition) is 3.